The van der Waals surface area contributed by atoms with E-state index in [1.54, 1.807) is 17.2 Å². The number of rotatable bonds is 4. The van der Waals surface area contributed by atoms with Gasteiger partial charge in [-0.25, -0.2) is 4.98 Å². The molecule has 1 aromatic heterocycles. The van der Waals surface area contributed by atoms with Gasteiger partial charge in [-0.3, -0.25) is 14.9 Å². The minimum absolute atomic E-state index is 0.121. The number of non-ortho nitro benzene ring substituents is 1. The predicted octanol–water partition coefficient (Wildman–Crippen LogP) is 3.70. The van der Waals surface area contributed by atoms with Crippen molar-refractivity contribution in [3.05, 3.63) is 61.7 Å². The van der Waals surface area contributed by atoms with Gasteiger partial charge in [0.15, 0.2) is 0 Å². The summed E-state index contributed by atoms with van der Waals surface area (Å²) in [4.78, 5) is 28.7. The Labute approximate surface area is 156 Å². The molecule has 7 nitrogen and oxygen atoms in total. The predicted molar refractivity (Wildman–Crippen MR) is 95.0 cm³/mol. The fourth-order valence-corrected chi connectivity index (χ4v) is 3.13. The number of carbonyl (C=O) groups excluding carboxylic acids is 1. The van der Waals surface area contributed by atoms with Gasteiger partial charge in [-0.2, -0.15) is 0 Å². The van der Waals surface area contributed by atoms with Crippen molar-refractivity contribution in [3.63, 3.8) is 0 Å². The quantitative estimate of drug-likeness (QED) is 0.550. The maximum atomic E-state index is 12.6. The lowest BCUT2D eigenvalue weighted by Gasteiger charge is -2.18. The molecule has 1 atom stereocenters. The van der Waals surface area contributed by atoms with Gasteiger partial charge in [0.1, 0.15) is 6.10 Å². The topological polar surface area (TPSA) is 85.6 Å². The molecule has 1 aliphatic rings. The Morgan fingerprint density at radius 3 is 2.96 bits per heavy atom. The van der Waals surface area contributed by atoms with Gasteiger partial charge in [-0.15, -0.1) is 0 Å². The molecule has 0 bridgehead atoms. The van der Waals surface area contributed by atoms with Crippen LogP contribution in [0.4, 0.5) is 5.69 Å². The van der Waals surface area contributed by atoms with Gasteiger partial charge in [0.25, 0.3) is 11.6 Å². The van der Waals surface area contributed by atoms with Gasteiger partial charge in [0, 0.05) is 31.3 Å². The Balaban J connectivity index is 1.72. The number of halogens is 2. The van der Waals surface area contributed by atoms with E-state index in [0.29, 0.717) is 25.4 Å². The maximum Gasteiger partial charge on any atom is 0.270 e. The molecule has 9 heteroatoms. The van der Waals surface area contributed by atoms with Crippen LogP contribution in [0, 0.1) is 10.1 Å². The van der Waals surface area contributed by atoms with Crippen LogP contribution in [0.2, 0.25) is 5.02 Å². The number of nitro benzene ring substituents is 1. The van der Waals surface area contributed by atoms with Crippen molar-refractivity contribution in [2.45, 2.75) is 12.5 Å². The van der Waals surface area contributed by atoms with Gasteiger partial charge in [-0.1, -0.05) is 11.6 Å². The van der Waals surface area contributed by atoms with E-state index in [1.165, 1.54) is 18.2 Å². The monoisotopic (exact) mass is 425 g/mol. The minimum Gasteiger partial charge on any atom is -0.472 e. The van der Waals surface area contributed by atoms with Crippen molar-refractivity contribution >= 4 is 39.1 Å². The number of hydrogen-bond acceptors (Lipinski definition) is 5. The van der Waals surface area contributed by atoms with E-state index < -0.39 is 4.92 Å². The van der Waals surface area contributed by atoms with E-state index in [0.717, 1.165) is 4.47 Å². The normalized spacial score (nSPS) is 16.7. The number of ether oxygens (including phenoxy) is 1. The van der Waals surface area contributed by atoms with Crippen molar-refractivity contribution < 1.29 is 14.5 Å². The van der Waals surface area contributed by atoms with E-state index in [9.17, 15) is 14.9 Å². The Kier molecular flexibility index (Phi) is 5.19. The number of pyridine rings is 1. The summed E-state index contributed by atoms with van der Waals surface area (Å²) in [5, 5.41) is 11.1. The Bertz CT molecular complexity index is 833. The summed E-state index contributed by atoms with van der Waals surface area (Å²) in [6.45, 7) is 0.841. The lowest BCUT2D eigenvalue weighted by molar-refractivity contribution is -0.384. The number of nitro groups is 1. The number of amides is 1. The number of likely N-dealkylation sites (tertiary alicyclic amines) is 1. The van der Waals surface area contributed by atoms with Gasteiger partial charge in [0.2, 0.25) is 5.88 Å². The average molecular weight is 427 g/mol. The van der Waals surface area contributed by atoms with Crippen LogP contribution in [0.5, 0.6) is 5.88 Å². The molecule has 0 saturated carbocycles. The standard InChI is InChI=1S/C16H13BrClN3O4/c17-13-2-1-6-19-15(13)25-11-5-7-20(9-11)16(22)12-8-10(21(23)24)3-4-14(12)18/h1-4,6,8,11H,5,7,9H2. The van der Waals surface area contributed by atoms with E-state index in [1.807, 2.05) is 6.07 Å². The van der Waals surface area contributed by atoms with Crippen LogP contribution in [-0.2, 0) is 0 Å². The highest BCUT2D eigenvalue weighted by molar-refractivity contribution is 9.10. The van der Waals surface area contributed by atoms with Gasteiger partial charge in [-0.05, 0) is 34.1 Å². The zero-order valence-electron chi connectivity index (χ0n) is 12.9. The molecule has 130 valence electrons. The summed E-state index contributed by atoms with van der Waals surface area (Å²) in [5.74, 6) is 0.120. The summed E-state index contributed by atoms with van der Waals surface area (Å²) in [5.41, 5.74) is -0.0484. The van der Waals surface area contributed by atoms with Crippen LogP contribution in [0.3, 0.4) is 0 Å². The number of carbonyl (C=O) groups is 1. The number of benzene rings is 1. The zero-order valence-corrected chi connectivity index (χ0v) is 15.2. The molecule has 1 fully saturated rings. The molecular formula is C16H13BrClN3O4. The molecule has 0 N–H and O–H groups in total. The SMILES string of the molecule is O=C(c1cc([N+](=O)[O-])ccc1Cl)N1CCC(Oc2ncccc2Br)C1. The fraction of sp³-hybridized carbons (Fsp3) is 0.250. The molecule has 2 aromatic rings. The first-order valence-corrected chi connectivity index (χ1v) is 8.63. The third-order valence-electron chi connectivity index (χ3n) is 3.83. The summed E-state index contributed by atoms with van der Waals surface area (Å²) in [6.07, 6.45) is 2.06. The first kappa shape index (κ1) is 17.6. The molecular weight excluding hydrogens is 414 g/mol. The van der Waals surface area contributed by atoms with Crippen molar-refractivity contribution in [1.29, 1.82) is 0 Å². The van der Waals surface area contributed by atoms with E-state index in [2.05, 4.69) is 20.9 Å². The second-order valence-corrected chi connectivity index (χ2v) is 6.75. The lowest BCUT2D eigenvalue weighted by atomic mass is 10.2. The average Bonchev–Trinajstić information content (AvgIpc) is 3.05. The molecule has 1 aromatic carbocycles. The van der Waals surface area contributed by atoms with Gasteiger partial charge >= 0.3 is 0 Å². The van der Waals surface area contributed by atoms with E-state index in [4.69, 9.17) is 16.3 Å². The second-order valence-electron chi connectivity index (χ2n) is 5.49. The maximum absolute atomic E-state index is 12.6. The fourth-order valence-electron chi connectivity index (χ4n) is 2.59. The first-order chi connectivity index (χ1) is 12.0. The van der Waals surface area contributed by atoms with Gasteiger partial charge in [0.05, 0.1) is 26.5 Å². The van der Waals surface area contributed by atoms with Crippen LogP contribution < -0.4 is 4.74 Å². The molecule has 0 aliphatic carbocycles. The smallest absolute Gasteiger partial charge is 0.270 e. The highest BCUT2D eigenvalue weighted by Gasteiger charge is 2.30. The van der Waals surface area contributed by atoms with Crippen molar-refractivity contribution in [3.8, 4) is 5.88 Å². The lowest BCUT2D eigenvalue weighted by Crippen LogP contribution is -2.31. The van der Waals surface area contributed by atoms with Crippen LogP contribution in [0.1, 0.15) is 16.8 Å². The summed E-state index contributed by atoms with van der Waals surface area (Å²) in [7, 11) is 0. The molecule has 25 heavy (non-hydrogen) atoms. The van der Waals surface area contributed by atoms with Gasteiger partial charge < -0.3 is 9.64 Å². The van der Waals surface area contributed by atoms with Crippen LogP contribution in [-0.4, -0.2) is 39.9 Å². The van der Waals surface area contributed by atoms with E-state index in [-0.39, 0.29) is 28.3 Å². The van der Waals surface area contributed by atoms with Crippen molar-refractivity contribution in [2.75, 3.05) is 13.1 Å². The van der Waals surface area contributed by atoms with Crippen molar-refractivity contribution in [2.24, 2.45) is 0 Å². The highest BCUT2D eigenvalue weighted by atomic mass is 79.9. The molecule has 1 aliphatic heterocycles. The Morgan fingerprint density at radius 1 is 1.44 bits per heavy atom. The van der Waals surface area contributed by atoms with Crippen molar-refractivity contribution in [1.82, 2.24) is 9.88 Å². The van der Waals surface area contributed by atoms with Crippen LogP contribution >= 0.6 is 27.5 Å². The summed E-state index contributed by atoms with van der Waals surface area (Å²) < 4.78 is 6.56. The third-order valence-corrected chi connectivity index (χ3v) is 4.76. The molecule has 1 amide bonds. The van der Waals surface area contributed by atoms with E-state index >= 15 is 0 Å². The summed E-state index contributed by atoms with van der Waals surface area (Å²) >= 11 is 9.41. The third kappa shape index (κ3) is 3.91. The number of aromatic nitrogens is 1. The van der Waals surface area contributed by atoms with Crippen LogP contribution in [0.15, 0.2) is 41.0 Å². The second kappa shape index (κ2) is 7.37. The zero-order chi connectivity index (χ0) is 18.0. The molecule has 1 saturated heterocycles. The largest absolute Gasteiger partial charge is 0.472 e. The molecule has 0 spiro atoms. The number of nitrogens with zero attached hydrogens (tertiary/aromatic N) is 3. The molecule has 2 heterocycles. The minimum atomic E-state index is -0.554. The first-order valence-electron chi connectivity index (χ1n) is 7.46. The Hall–Kier alpha value is -2.19. The Morgan fingerprint density at radius 2 is 2.24 bits per heavy atom. The molecule has 3 rings (SSSR count). The molecule has 0 radical (unpaired) electrons. The summed E-state index contributed by atoms with van der Waals surface area (Å²) in [6, 6.07) is 7.44. The van der Waals surface area contributed by atoms with Crippen LogP contribution in [0.25, 0.3) is 0 Å². The molecule has 1 unspecified atom stereocenters. The number of hydrogen-bond donors (Lipinski definition) is 0. The highest BCUT2D eigenvalue weighted by Crippen LogP contribution is 2.27.